The van der Waals surface area contributed by atoms with Crippen LogP contribution < -0.4 is 18.9 Å². The van der Waals surface area contributed by atoms with Crippen LogP contribution in [-0.4, -0.2) is 52.3 Å². The molecule has 0 aliphatic carbocycles. The molecule has 0 unspecified atom stereocenters. The Morgan fingerprint density at radius 3 is 2.32 bits per heavy atom. The average Bonchev–Trinajstić information content (AvgIpc) is 2.90. The highest BCUT2D eigenvalue weighted by Crippen LogP contribution is 2.39. The maximum absolute atomic E-state index is 12.9. The van der Waals surface area contributed by atoms with E-state index in [1.807, 2.05) is 48.5 Å². The fourth-order valence-electron chi connectivity index (χ4n) is 4.65. The molecular weight excluding hydrogens is 492 g/mol. The van der Waals surface area contributed by atoms with Crippen LogP contribution in [0.3, 0.4) is 0 Å². The molecule has 1 aliphatic heterocycles. The number of rotatable bonds is 10. The number of methoxy groups -OCH3 is 2. The monoisotopic (exact) mass is 526 g/mol. The highest BCUT2D eigenvalue weighted by Gasteiger charge is 2.38. The van der Waals surface area contributed by atoms with Gasteiger partial charge in [-0.05, 0) is 60.9 Å². The first-order valence-electron chi connectivity index (χ1n) is 12.3. The van der Waals surface area contributed by atoms with Crippen molar-refractivity contribution in [1.29, 1.82) is 0 Å². The average molecular weight is 527 g/mol. The van der Waals surface area contributed by atoms with E-state index in [4.69, 9.17) is 14.2 Å². The van der Waals surface area contributed by atoms with Gasteiger partial charge in [0.2, 0.25) is 10.0 Å². The second-order valence-electron chi connectivity index (χ2n) is 9.07. The molecule has 0 saturated carbocycles. The Morgan fingerprint density at radius 2 is 1.65 bits per heavy atom. The van der Waals surface area contributed by atoms with Gasteiger partial charge >= 0.3 is 0 Å². The third-order valence-electron chi connectivity index (χ3n) is 6.60. The molecule has 1 aliphatic rings. The third-order valence-corrected chi connectivity index (χ3v) is 8.20. The van der Waals surface area contributed by atoms with E-state index in [-0.39, 0.29) is 11.4 Å². The van der Waals surface area contributed by atoms with E-state index >= 15 is 0 Å². The zero-order valence-corrected chi connectivity index (χ0v) is 22.3. The van der Waals surface area contributed by atoms with E-state index in [1.165, 1.54) is 13.2 Å². The highest BCUT2D eigenvalue weighted by molar-refractivity contribution is 7.89. The molecule has 8 nitrogen and oxygen atoms in total. The Morgan fingerprint density at radius 1 is 0.919 bits per heavy atom. The molecule has 0 atom stereocenters. The van der Waals surface area contributed by atoms with Gasteiger partial charge in [0.25, 0.3) is 0 Å². The summed E-state index contributed by atoms with van der Waals surface area (Å²) in [6.45, 7) is 3.88. The minimum absolute atomic E-state index is 0.0901. The number of hydrogen-bond donors (Lipinski definition) is 2. The van der Waals surface area contributed by atoms with Crippen LogP contribution in [0.2, 0.25) is 0 Å². The Bertz CT molecular complexity index is 1320. The zero-order valence-electron chi connectivity index (χ0n) is 21.4. The molecular formula is C28H34N2O6S. The molecule has 4 rings (SSSR count). The van der Waals surface area contributed by atoms with Gasteiger partial charge in [0.1, 0.15) is 11.5 Å². The summed E-state index contributed by atoms with van der Waals surface area (Å²) in [5.74, 6) is 2.53. The number of para-hydroxylation sites is 2. The lowest BCUT2D eigenvalue weighted by atomic mass is 9.84. The normalized spacial score (nSPS) is 15.8. The molecule has 37 heavy (non-hydrogen) atoms. The molecule has 1 fully saturated rings. The van der Waals surface area contributed by atoms with Crippen molar-refractivity contribution in [3.8, 4) is 23.0 Å². The number of aliphatic hydroxyl groups is 1. The number of nitrogens with zero attached hydrogens (tertiary/aromatic N) is 1. The van der Waals surface area contributed by atoms with Crippen LogP contribution in [0.15, 0.2) is 71.6 Å². The van der Waals surface area contributed by atoms with E-state index in [0.29, 0.717) is 61.0 Å². The molecule has 0 amide bonds. The van der Waals surface area contributed by atoms with Crippen LogP contribution in [0.5, 0.6) is 23.0 Å². The number of benzene rings is 3. The topological polar surface area (TPSA) is 97.3 Å². The first kappa shape index (κ1) is 26.9. The molecule has 1 heterocycles. The van der Waals surface area contributed by atoms with Gasteiger partial charge in [0.05, 0.1) is 24.7 Å². The Labute approximate surface area is 218 Å². The number of likely N-dealkylation sites (tertiary alicyclic amines) is 1. The van der Waals surface area contributed by atoms with Gasteiger partial charge in [-0.2, -0.15) is 0 Å². The summed E-state index contributed by atoms with van der Waals surface area (Å²) < 4.78 is 45.0. The lowest BCUT2D eigenvalue weighted by Gasteiger charge is -2.39. The molecule has 3 aromatic carbocycles. The quantitative estimate of drug-likeness (QED) is 0.407. The van der Waals surface area contributed by atoms with Gasteiger partial charge in [-0.15, -0.1) is 0 Å². The van der Waals surface area contributed by atoms with Crippen molar-refractivity contribution in [1.82, 2.24) is 9.62 Å². The summed E-state index contributed by atoms with van der Waals surface area (Å²) in [6, 6.07) is 20.1. The summed E-state index contributed by atoms with van der Waals surface area (Å²) in [4.78, 5) is 2.34. The lowest BCUT2D eigenvalue weighted by molar-refractivity contribution is -0.0300. The molecule has 0 spiro atoms. The third kappa shape index (κ3) is 6.24. The first-order valence-corrected chi connectivity index (χ1v) is 13.8. The number of hydrogen-bond acceptors (Lipinski definition) is 7. The Kier molecular flexibility index (Phi) is 8.39. The summed E-state index contributed by atoms with van der Waals surface area (Å²) in [7, 11) is -0.618. The summed E-state index contributed by atoms with van der Waals surface area (Å²) in [6.07, 6.45) is 0.790. The fourth-order valence-corrected chi connectivity index (χ4v) is 5.97. The van der Waals surface area contributed by atoms with Gasteiger partial charge < -0.3 is 19.3 Å². The maximum Gasteiger partial charge on any atom is 0.240 e. The molecule has 2 N–H and O–H groups in total. The van der Waals surface area contributed by atoms with Crippen LogP contribution >= 0.6 is 0 Å². The molecule has 3 aromatic rings. The highest BCUT2D eigenvalue weighted by atomic mass is 32.2. The number of nitrogens with one attached hydrogen (secondary N) is 1. The van der Waals surface area contributed by atoms with Crippen molar-refractivity contribution in [3.63, 3.8) is 0 Å². The Hall–Kier alpha value is -3.11. The molecule has 198 valence electrons. The summed E-state index contributed by atoms with van der Waals surface area (Å²) in [5, 5.41) is 11.6. The van der Waals surface area contributed by atoms with Gasteiger partial charge in [0.15, 0.2) is 11.5 Å². The Balaban J connectivity index is 1.47. The SMILES string of the molecule is CCNS(=O)(=O)c1ccc(OC)cc1C1(O)CCN(Cc2cccc(Oc3ccccc3OC)c2)CC1. The van der Waals surface area contributed by atoms with E-state index in [0.717, 1.165) is 5.56 Å². The first-order chi connectivity index (χ1) is 17.8. The zero-order chi connectivity index (χ0) is 26.5. The predicted octanol–water partition coefficient (Wildman–Crippen LogP) is 4.28. The number of ether oxygens (including phenoxy) is 3. The van der Waals surface area contributed by atoms with E-state index < -0.39 is 15.6 Å². The summed E-state index contributed by atoms with van der Waals surface area (Å²) in [5.41, 5.74) is 0.173. The molecule has 9 heteroatoms. The van der Waals surface area contributed by atoms with Gasteiger partial charge in [-0.1, -0.05) is 31.2 Å². The molecule has 0 aromatic heterocycles. The molecule has 0 bridgehead atoms. The van der Waals surface area contributed by atoms with Gasteiger partial charge in [0, 0.05) is 31.7 Å². The minimum atomic E-state index is -3.75. The van der Waals surface area contributed by atoms with Gasteiger partial charge in [-0.3, -0.25) is 4.90 Å². The second-order valence-corrected chi connectivity index (χ2v) is 10.8. The van der Waals surface area contributed by atoms with Crippen LogP contribution in [0, 0.1) is 0 Å². The predicted molar refractivity (Wildman–Crippen MR) is 142 cm³/mol. The molecule has 1 saturated heterocycles. The van der Waals surface area contributed by atoms with Crippen LogP contribution in [0.4, 0.5) is 0 Å². The van der Waals surface area contributed by atoms with Crippen LogP contribution in [0.25, 0.3) is 0 Å². The minimum Gasteiger partial charge on any atom is -0.497 e. The number of sulfonamides is 1. The van der Waals surface area contributed by atoms with Crippen LogP contribution in [0.1, 0.15) is 30.9 Å². The number of piperidine rings is 1. The van der Waals surface area contributed by atoms with Crippen molar-refractivity contribution in [2.24, 2.45) is 0 Å². The summed E-state index contributed by atoms with van der Waals surface area (Å²) >= 11 is 0. The lowest BCUT2D eigenvalue weighted by Crippen LogP contribution is -2.43. The van der Waals surface area contributed by atoms with Gasteiger partial charge in [-0.25, -0.2) is 13.1 Å². The van der Waals surface area contributed by atoms with Crippen molar-refractivity contribution >= 4 is 10.0 Å². The van der Waals surface area contributed by atoms with E-state index in [2.05, 4.69) is 9.62 Å². The fraction of sp³-hybridized carbons (Fsp3) is 0.357. The van der Waals surface area contributed by atoms with Crippen molar-refractivity contribution < 1.29 is 27.7 Å². The van der Waals surface area contributed by atoms with Crippen molar-refractivity contribution in [2.75, 3.05) is 33.9 Å². The largest absolute Gasteiger partial charge is 0.497 e. The molecule has 0 radical (unpaired) electrons. The van der Waals surface area contributed by atoms with Crippen LogP contribution in [-0.2, 0) is 22.2 Å². The standard InChI is InChI=1S/C28H34N2O6S/c1-4-29-37(32,33)27-13-12-22(34-2)19-24(27)28(31)14-16-30(17-15-28)20-21-8-7-9-23(18-21)36-26-11-6-5-10-25(26)35-3/h5-13,18-19,29,31H,4,14-17,20H2,1-3H3. The van der Waals surface area contributed by atoms with E-state index in [1.54, 1.807) is 26.2 Å². The second kappa shape index (κ2) is 11.5. The van der Waals surface area contributed by atoms with Crippen molar-refractivity contribution in [2.45, 2.75) is 36.8 Å². The van der Waals surface area contributed by atoms with E-state index in [9.17, 15) is 13.5 Å². The maximum atomic E-state index is 12.9. The van der Waals surface area contributed by atoms with Crippen molar-refractivity contribution in [3.05, 3.63) is 77.9 Å². The smallest absolute Gasteiger partial charge is 0.240 e.